The second-order valence-electron chi connectivity index (χ2n) is 7.25. The largest absolute Gasteiger partial charge is 0.489 e. The van der Waals surface area contributed by atoms with E-state index in [4.69, 9.17) is 4.74 Å². The van der Waals surface area contributed by atoms with Crippen molar-refractivity contribution in [3.63, 3.8) is 0 Å². The molecule has 0 aliphatic rings. The van der Waals surface area contributed by atoms with Crippen LogP contribution in [0.4, 0.5) is 0 Å². The van der Waals surface area contributed by atoms with E-state index < -0.39 is 17.4 Å². The number of carbonyl (C=O) groups excluding carboxylic acids is 2. The van der Waals surface area contributed by atoms with Gasteiger partial charge in [0.1, 0.15) is 12.4 Å². The van der Waals surface area contributed by atoms with Crippen LogP contribution in [0.1, 0.15) is 37.5 Å². The fraction of sp³-hybridized carbons (Fsp3) is 0.286. The lowest BCUT2D eigenvalue weighted by molar-refractivity contribution is -0.140. The minimum absolute atomic E-state index is 0.480. The van der Waals surface area contributed by atoms with Gasteiger partial charge in [-0.2, -0.15) is 5.10 Å². The van der Waals surface area contributed by atoms with Crippen molar-refractivity contribution in [2.75, 3.05) is 0 Å². The molecule has 0 radical (unpaired) electrons. The number of amides is 2. The van der Waals surface area contributed by atoms with E-state index in [0.717, 1.165) is 16.9 Å². The maximum absolute atomic E-state index is 11.6. The van der Waals surface area contributed by atoms with Gasteiger partial charge in [-0.15, -0.1) is 0 Å². The standard InChI is InChI=1S/C21H25N3O3/c1-15-5-7-17(8-6-15)14-27-18-11-9-16(10-12-18)13-22-24-20(26)19(25)23-21(2,3)4/h5-13H,14H2,1-4H3,(H,23,25)(H,24,26). The van der Waals surface area contributed by atoms with Crippen molar-refractivity contribution in [2.45, 2.75) is 39.8 Å². The van der Waals surface area contributed by atoms with Gasteiger partial charge in [0.25, 0.3) is 0 Å². The highest BCUT2D eigenvalue weighted by Crippen LogP contribution is 2.14. The first-order valence-corrected chi connectivity index (χ1v) is 8.67. The Morgan fingerprint density at radius 3 is 2.22 bits per heavy atom. The minimum atomic E-state index is -0.806. The van der Waals surface area contributed by atoms with Crippen LogP contribution in [0.25, 0.3) is 0 Å². The number of ether oxygens (including phenoxy) is 1. The van der Waals surface area contributed by atoms with E-state index in [1.807, 2.05) is 55.5 Å². The Bertz CT molecular complexity index is 804. The molecule has 0 aliphatic heterocycles. The SMILES string of the molecule is Cc1ccc(COc2ccc(C=NNC(=O)C(=O)NC(C)(C)C)cc2)cc1. The number of hydrogen-bond acceptors (Lipinski definition) is 4. The Hall–Kier alpha value is -3.15. The van der Waals surface area contributed by atoms with Gasteiger partial charge in [0.05, 0.1) is 6.21 Å². The number of rotatable bonds is 5. The van der Waals surface area contributed by atoms with Gasteiger partial charge in [0.2, 0.25) is 0 Å². The number of aryl methyl sites for hydroxylation is 1. The highest BCUT2D eigenvalue weighted by Gasteiger charge is 2.19. The predicted octanol–water partition coefficient (Wildman–Crippen LogP) is 2.94. The van der Waals surface area contributed by atoms with Gasteiger partial charge >= 0.3 is 11.8 Å². The first-order valence-electron chi connectivity index (χ1n) is 8.67. The van der Waals surface area contributed by atoms with E-state index in [2.05, 4.69) is 15.8 Å². The second-order valence-corrected chi connectivity index (χ2v) is 7.25. The van der Waals surface area contributed by atoms with Gasteiger partial charge in [-0.25, -0.2) is 5.43 Å². The molecular weight excluding hydrogens is 342 g/mol. The summed E-state index contributed by atoms with van der Waals surface area (Å²) in [7, 11) is 0. The lowest BCUT2D eigenvalue weighted by Crippen LogP contribution is -2.47. The lowest BCUT2D eigenvalue weighted by atomic mass is 10.1. The van der Waals surface area contributed by atoms with Crippen LogP contribution in [0.3, 0.4) is 0 Å². The number of nitrogens with one attached hydrogen (secondary N) is 2. The number of carbonyl (C=O) groups is 2. The van der Waals surface area contributed by atoms with Gasteiger partial charge in [0, 0.05) is 5.54 Å². The first kappa shape index (κ1) is 20.2. The molecule has 0 saturated carbocycles. The van der Waals surface area contributed by atoms with Crippen molar-refractivity contribution in [1.29, 1.82) is 0 Å². The van der Waals surface area contributed by atoms with E-state index >= 15 is 0 Å². The average Bonchev–Trinajstić information content (AvgIpc) is 2.61. The maximum atomic E-state index is 11.6. The Morgan fingerprint density at radius 2 is 1.63 bits per heavy atom. The summed E-state index contributed by atoms with van der Waals surface area (Å²) in [6, 6.07) is 15.4. The Labute approximate surface area is 159 Å². The van der Waals surface area contributed by atoms with Gasteiger partial charge < -0.3 is 10.1 Å². The summed E-state index contributed by atoms with van der Waals surface area (Å²) in [6.45, 7) is 7.93. The molecule has 0 aromatic heterocycles. The Morgan fingerprint density at radius 1 is 1.00 bits per heavy atom. The molecule has 0 unspecified atom stereocenters. The molecule has 2 rings (SSSR count). The molecule has 0 bridgehead atoms. The van der Waals surface area contributed by atoms with Gasteiger partial charge in [-0.05, 0) is 63.1 Å². The normalized spacial score (nSPS) is 11.3. The van der Waals surface area contributed by atoms with Crippen LogP contribution in [0.15, 0.2) is 53.6 Å². The van der Waals surface area contributed by atoms with Crippen LogP contribution in [-0.2, 0) is 16.2 Å². The van der Waals surface area contributed by atoms with E-state index in [9.17, 15) is 9.59 Å². The zero-order valence-corrected chi connectivity index (χ0v) is 16.1. The van der Waals surface area contributed by atoms with Crippen LogP contribution < -0.4 is 15.5 Å². The van der Waals surface area contributed by atoms with Crippen LogP contribution >= 0.6 is 0 Å². The zero-order valence-electron chi connectivity index (χ0n) is 16.1. The molecule has 0 fully saturated rings. The fourth-order valence-corrected chi connectivity index (χ4v) is 2.11. The third kappa shape index (κ3) is 7.32. The number of benzene rings is 2. The summed E-state index contributed by atoms with van der Waals surface area (Å²) in [5.74, 6) is -0.792. The summed E-state index contributed by atoms with van der Waals surface area (Å²) in [6.07, 6.45) is 1.46. The van der Waals surface area contributed by atoms with Crippen LogP contribution in [0.5, 0.6) is 5.75 Å². The summed E-state index contributed by atoms with van der Waals surface area (Å²) >= 11 is 0. The molecule has 2 amide bonds. The van der Waals surface area contributed by atoms with Crippen LogP contribution in [0.2, 0.25) is 0 Å². The molecule has 2 aromatic rings. The second kappa shape index (κ2) is 8.98. The molecular formula is C21H25N3O3. The molecule has 27 heavy (non-hydrogen) atoms. The average molecular weight is 367 g/mol. The quantitative estimate of drug-likeness (QED) is 0.484. The Balaban J connectivity index is 1.82. The van der Waals surface area contributed by atoms with E-state index in [1.165, 1.54) is 11.8 Å². The predicted molar refractivity (Wildman–Crippen MR) is 106 cm³/mol. The molecule has 142 valence electrons. The van der Waals surface area contributed by atoms with E-state index in [-0.39, 0.29) is 0 Å². The summed E-state index contributed by atoms with van der Waals surface area (Å²) in [5.41, 5.74) is 4.81. The molecule has 2 N–H and O–H groups in total. The van der Waals surface area contributed by atoms with Crippen molar-refractivity contribution in [2.24, 2.45) is 5.10 Å². The van der Waals surface area contributed by atoms with Crippen molar-refractivity contribution in [3.8, 4) is 5.75 Å². The maximum Gasteiger partial charge on any atom is 0.329 e. The topological polar surface area (TPSA) is 79.8 Å². The molecule has 0 spiro atoms. The molecule has 0 saturated heterocycles. The van der Waals surface area contributed by atoms with Crippen LogP contribution in [0, 0.1) is 6.92 Å². The summed E-state index contributed by atoms with van der Waals surface area (Å²) < 4.78 is 5.74. The molecule has 0 atom stereocenters. The van der Waals surface area contributed by atoms with Gasteiger partial charge in [-0.3, -0.25) is 9.59 Å². The van der Waals surface area contributed by atoms with Crippen molar-refractivity contribution >= 4 is 18.0 Å². The summed E-state index contributed by atoms with van der Waals surface area (Å²) in [5, 5.41) is 6.36. The zero-order chi connectivity index (χ0) is 19.9. The monoisotopic (exact) mass is 367 g/mol. The first-order chi connectivity index (χ1) is 12.7. The smallest absolute Gasteiger partial charge is 0.329 e. The molecule has 2 aromatic carbocycles. The van der Waals surface area contributed by atoms with Crippen LogP contribution in [-0.4, -0.2) is 23.6 Å². The van der Waals surface area contributed by atoms with E-state index in [0.29, 0.717) is 6.61 Å². The fourth-order valence-electron chi connectivity index (χ4n) is 2.11. The third-order valence-electron chi connectivity index (χ3n) is 3.48. The molecule has 0 heterocycles. The van der Waals surface area contributed by atoms with E-state index in [1.54, 1.807) is 20.8 Å². The van der Waals surface area contributed by atoms with Crippen molar-refractivity contribution in [1.82, 2.24) is 10.7 Å². The van der Waals surface area contributed by atoms with Crippen molar-refractivity contribution in [3.05, 3.63) is 65.2 Å². The number of hydrazone groups is 1. The molecule has 6 heteroatoms. The number of hydrogen-bond donors (Lipinski definition) is 2. The van der Waals surface area contributed by atoms with Gasteiger partial charge in [0.15, 0.2) is 0 Å². The molecule has 6 nitrogen and oxygen atoms in total. The summed E-state index contributed by atoms with van der Waals surface area (Å²) in [4.78, 5) is 23.3. The highest BCUT2D eigenvalue weighted by molar-refractivity contribution is 6.35. The third-order valence-corrected chi connectivity index (χ3v) is 3.48. The highest BCUT2D eigenvalue weighted by atomic mass is 16.5. The Kier molecular flexibility index (Phi) is 6.71. The lowest BCUT2D eigenvalue weighted by Gasteiger charge is -2.19. The van der Waals surface area contributed by atoms with Gasteiger partial charge in [-0.1, -0.05) is 29.8 Å². The number of nitrogens with zero attached hydrogens (tertiary/aromatic N) is 1. The minimum Gasteiger partial charge on any atom is -0.489 e. The van der Waals surface area contributed by atoms with Crippen molar-refractivity contribution < 1.29 is 14.3 Å². The molecule has 0 aliphatic carbocycles.